The van der Waals surface area contributed by atoms with Crippen LogP contribution in [0.4, 0.5) is 4.79 Å². The smallest absolute Gasteiger partial charge is 0.341 e. The molecule has 1 amide bonds. The molecule has 1 rings (SSSR count). The van der Waals surface area contributed by atoms with Crippen molar-refractivity contribution in [3.63, 3.8) is 0 Å². The summed E-state index contributed by atoms with van der Waals surface area (Å²) >= 11 is 5.47. The third kappa shape index (κ3) is 1.14. The summed E-state index contributed by atoms with van der Waals surface area (Å²) in [7, 11) is 0. The van der Waals surface area contributed by atoms with Crippen molar-refractivity contribution in [1.82, 2.24) is 9.78 Å². The van der Waals surface area contributed by atoms with Gasteiger partial charge in [0.05, 0.1) is 5.69 Å². The largest absolute Gasteiger partial charge is 0.350 e. The van der Waals surface area contributed by atoms with Crippen LogP contribution in [-0.2, 0) is 0 Å². The zero-order valence-corrected chi connectivity index (χ0v) is 6.47. The number of nitrogens with zero attached hydrogens (tertiary/aromatic N) is 1. The molecule has 1 heterocycles. The Morgan fingerprint density at radius 3 is 2.45 bits per heavy atom. The number of H-pyrrole nitrogens is 1. The molecule has 0 aromatic carbocycles. The average Bonchev–Trinajstić information content (AvgIpc) is 2.17. The number of nitrogens with one attached hydrogen (secondary N) is 1. The fourth-order valence-electron chi connectivity index (χ4n) is 0.681. The van der Waals surface area contributed by atoms with Gasteiger partial charge < -0.3 is 5.73 Å². The molecule has 0 saturated heterocycles. The first-order chi connectivity index (χ1) is 5.04. The minimum absolute atomic E-state index is 0.0104. The van der Waals surface area contributed by atoms with E-state index >= 15 is 0 Å². The van der Waals surface area contributed by atoms with Gasteiger partial charge in [-0.3, -0.25) is 9.89 Å². The highest BCUT2D eigenvalue weighted by atomic mass is 35.5. The Bertz CT molecular complexity index is 351. The second kappa shape index (κ2) is 2.43. The van der Waals surface area contributed by atoms with Crippen LogP contribution in [-0.4, -0.2) is 15.8 Å². The molecular weight excluding hydrogens is 170 g/mol. The summed E-state index contributed by atoms with van der Waals surface area (Å²) in [5.74, 6) is 0. The maximum atomic E-state index is 10.9. The fraction of sp³-hybridized carbons (Fsp3) is 0.200. The normalized spacial score (nSPS) is 10.0. The van der Waals surface area contributed by atoms with Gasteiger partial charge in [0.25, 0.3) is 5.56 Å². The summed E-state index contributed by atoms with van der Waals surface area (Å²) in [6.07, 6.45) is 0. The monoisotopic (exact) mass is 175 g/mol. The molecule has 3 N–H and O–H groups in total. The number of primary amides is 1. The molecule has 0 aliphatic carbocycles. The van der Waals surface area contributed by atoms with Gasteiger partial charge in [-0.2, -0.15) is 4.68 Å². The number of nitrogens with two attached hydrogens (primary N) is 1. The van der Waals surface area contributed by atoms with Gasteiger partial charge in [0.2, 0.25) is 0 Å². The molecule has 0 aliphatic heterocycles. The summed E-state index contributed by atoms with van der Waals surface area (Å²) in [6, 6.07) is -0.870. The first-order valence-electron chi connectivity index (χ1n) is 2.81. The van der Waals surface area contributed by atoms with Crippen molar-refractivity contribution in [2.24, 2.45) is 5.73 Å². The minimum atomic E-state index is -0.870. The van der Waals surface area contributed by atoms with Gasteiger partial charge in [-0.05, 0) is 6.92 Å². The molecule has 1 aromatic heterocycles. The van der Waals surface area contributed by atoms with Crippen molar-refractivity contribution in [3.05, 3.63) is 21.1 Å². The van der Waals surface area contributed by atoms with E-state index in [1.165, 1.54) is 0 Å². The summed E-state index contributed by atoms with van der Waals surface area (Å²) in [4.78, 5) is 21.4. The highest BCUT2D eigenvalue weighted by Gasteiger charge is 2.10. The Morgan fingerprint density at radius 2 is 2.27 bits per heavy atom. The van der Waals surface area contributed by atoms with Gasteiger partial charge in [0, 0.05) is 0 Å². The van der Waals surface area contributed by atoms with E-state index in [9.17, 15) is 9.59 Å². The van der Waals surface area contributed by atoms with Crippen LogP contribution in [0.25, 0.3) is 0 Å². The van der Waals surface area contributed by atoms with Gasteiger partial charge in [-0.15, -0.1) is 0 Å². The minimum Gasteiger partial charge on any atom is -0.350 e. The maximum absolute atomic E-state index is 10.9. The third-order valence-corrected chi connectivity index (χ3v) is 1.67. The van der Waals surface area contributed by atoms with Gasteiger partial charge in [-0.25, -0.2) is 4.79 Å². The number of aromatic amines is 1. The zero-order valence-electron chi connectivity index (χ0n) is 5.72. The van der Waals surface area contributed by atoms with E-state index in [4.69, 9.17) is 17.3 Å². The van der Waals surface area contributed by atoms with Crippen LogP contribution in [0.5, 0.6) is 0 Å². The molecule has 6 heteroatoms. The number of rotatable bonds is 0. The van der Waals surface area contributed by atoms with Crippen molar-refractivity contribution >= 4 is 17.6 Å². The Kier molecular flexibility index (Phi) is 1.74. The number of aromatic nitrogens is 2. The standard InChI is InChI=1S/C5H6ClN3O2/c1-2-3(6)4(10)9(8-2)5(7)11/h8H,1H3,(H2,7,11). The molecular formula is C5H6ClN3O2. The van der Waals surface area contributed by atoms with E-state index in [-0.39, 0.29) is 5.02 Å². The predicted molar refractivity (Wildman–Crippen MR) is 39.8 cm³/mol. The van der Waals surface area contributed by atoms with E-state index < -0.39 is 11.6 Å². The molecule has 0 spiro atoms. The van der Waals surface area contributed by atoms with Crippen LogP contribution in [0, 0.1) is 6.92 Å². The maximum Gasteiger partial charge on any atom is 0.341 e. The van der Waals surface area contributed by atoms with Crippen LogP contribution in [0.2, 0.25) is 5.02 Å². The number of carbonyl (C=O) groups excluding carboxylic acids is 1. The van der Waals surface area contributed by atoms with Gasteiger partial charge in [0.15, 0.2) is 0 Å². The average molecular weight is 176 g/mol. The molecule has 0 radical (unpaired) electrons. The van der Waals surface area contributed by atoms with E-state index in [2.05, 4.69) is 5.10 Å². The van der Waals surface area contributed by atoms with E-state index in [0.29, 0.717) is 10.4 Å². The van der Waals surface area contributed by atoms with E-state index in [0.717, 1.165) is 0 Å². The zero-order chi connectivity index (χ0) is 8.59. The SMILES string of the molecule is Cc1[nH]n(C(N)=O)c(=O)c1Cl. The van der Waals surface area contributed by atoms with Crippen LogP contribution in [0.15, 0.2) is 4.79 Å². The third-order valence-electron chi connectivity index (χ3n) is 1.22. The number of carbonyl (C=O) groups is 1. The highest BCUT2D eigenvalue weighted by molar-refractivity contribution is 6.31. The highest BCUT2D eigenvalue weighted by Crippen LogP contribution is 2.04. The van der Waals surface area contributed by atoms with Crippen LogP contribution in [0.1, 0.15) is 5.69 Å². The molecule has 0 bridgehead atoms. The van der Waals surface area contributed by atoms with Crippen molar-refractivity contribution in [2.45, 2.75) is 6.92 Å². The first kappa shape index (κ1) is 7.87. The summed E-state index contributed by atoms with van der Waals surface area (Å²) in [6.45, 7) is 1.57. The quantitative estimate of drug-likeness (QED) is 0.585. The number of amides is 1. The molecule has 0 atom stereocenters. The number of halogens is 1. The Balaban J connectivity index is 3.42. The summed E-state index contributed by atoms with van der Waals surface area (Å²) in [5, 5.41) is 2.40. The lowest BCUT2D eigenvalue weighted by Gasteiger charge is -1.89. The number of hydrogen-bond donors (Lipinski definition) is 2. The second-order valence-corrected chi connectivity index (χ2v) is 2.41. The molecule has 11 heavy (non-hydrogen) atoms. The molecule has 1 aromatic rings. The molecule has 60 valence electrons. The summed E-state index contributed by atoms with van der Waals surface area (Å²) in [5.41, 5.74) is 4.64. The lowest BCUT2D eigenvalue weighted by molar-refractivity contribution is 0.247. The van der Waals surface area contributed by atoms with Crippen molar-refractivity contribution in [1.29, 1.82) is 0 Å². The lowest BCUT2D eigenvalue weighted by atomic mass is 10.5. The van der Waals surface area contributed by atoms with Crippen LogP contribution < -0.4 is 11.3 Å². The van der Waals surface area contributed by atoms with Crippen molar-refractivity contribution in [3.8, 4) is 0 Å². The van der Waals surface area contributed by atoms with Crippen molar-refractivity contribution < 1.29 is 4.79 Å². The second-order valence-electron chi connectivity index (χ2n) is 2.03. The molecule has 0 aliphatic rings. The van der Waals surface area contributed by atoms with E-state index in [1.54, 1.807) is 6.92 Å². The first-order valence-corrected chi connectivity index (χ1v) is 3.18. The van der Waals surface area contributed by atoms with Gasteiger partial charge in [0.1, 0.15) is 5.02 Å². The number of hydrogen-bond acceptors (Lipinski definition) is 2. The molecule has 0 unspecified atom stereocenters. The Labute approximate surface area is 66.7 Å². The molecule has 0 fully saturated rings. The van der Waals surface area contributed by atoms with E-state index in [1.807, 2.05) is 0 Å². The Morgan fingerprint density at radius 1 is 1.73 bits per heavy atom. The Hall–Kier alpha value is -1.23. The topological polar surface area (TPSA) is 80.9 Å². The molecule has 0 saturated carbocycles. The summed E-state index contributed by atoms with van der Waals surface area (Å²) < 4.78 is 0.650. The van der Waals surface area contributed by atoms with Gasteiger partial charge >= 0.3 is 6.03 Å². The molecule has 5 nitrogen and oxygen atoms in total. The van der Waals surface area contributed by atoms with Crippen molar-refractivity contribution in [2.75, 3.05) is 0 Å². The predicted octanol–water partition coefficient (Wildman–Crippen LogP) is 0.0650. The fourth-order valence-corrected chi connectivity index (χ4v) is 0.808. The van der Waals surface area contributed by atoms with Crippen LogP contribution >= 0.6 is 11.6 Å². The lowest BCUT2D eigenvalue weighted by Crippen LogP contribution is -2.30. The van der Waals surface area contributed by atoms with Gasteiger partial charge in [-0.1, -0.05) is 11.6 Å². The van der Waals surface area contributed by atoms with Crippen LogP contribution in [0.3, 0.4) is 0 Å². The number of aryl methyl sites for hydroxylation is 1.